The number of non-ortho nitro benzene ring substituents is 1. The van der Waals surface area contributed by atoms with Gasteiger partial charge < -0.3 is 9.42 Å². The number of aromatic nitrogens is 2. The van der Waals surface area contributed by atoms with Crippen LogP contribution in [0.15, 0.2) is 59.1 Å². The molecule has 0 radical (unpaired) electrons. The van der Waals surface area contributed by atoms with Gasteiger partial charge in [-0.2, -0.15) is 4.98 Å². The molecule has 1 amide bonds. The van der Waals surface area contributed by atoms with E-state index in [-0.39, 0.29) is 17.6 Å². The zero-order valence-electron chi connectivity index (χ0n) is 16.3. The molecule has 2 aromatic carbocycles. The molecule has 8 nitrogen and oxygen atoms in total. The highest BCUT2D eigenvalue weighted by molar-refractivity contribution is 5.94. The largest absolute Gasteiger partial charge is 0.339 e. The van der Waals surface area contributed by atoms with Gasteiger partial charge in [-0.15, -0.1) is 0 Å². The topological polar surface area (TPSA) is 102 Å². The lowest BCUT2D eigenvalue weighted by molar-refractivity contribution is -0.384. The minimum Gasteiger partial charge on any atom is -0.339 e. The molecule has 150 valence electrons. The van der Waals surface area contributed by atoms with E-state index in [9.17, 15) is 14.9 Å². The predicted molar refractivity (Wildman–Crippen MR) is 107 cm³/mol. The molecule has 29 heavy (non-hydrogen) atoms. The summed E-state index contributed by atoms with van der Waals surface area (Å²) in [7, 11) is 0. The highest BCUT2D eigenvalue weighted by Gasteiger charge is 2.21. The van der Waals surface area contributed by atoms with Crippen molar-refractivity contribution in [1.29, 1.82) is 0 Å². The maximum atomic E-state index is 12.9. The molecule has 1 atom stereocenters. The van der Waals surface area contributed by atoms with Crippen LogP contribution in [0.5, 0.6) is 0 Å². The second kappa shape index (κ2) is 9.09. The lowest BCUT2D eigenvalue weighted by atomic mass is 10.1. The minimum atomic E-state index is -0.460. The third-order valence-electron chi connectivity index (χ3n) is 4.78. The monoisotopic (exact) mass is 394 g/mol. The second-order valence-corrected chi connectivity index (χ2v) is 6.69. The van der Waals surface area contributed by atoms with Crippen molar-refractivity contribution in [3.63, 3.8) is 0 Å². The Morgan fingerprint density at radius 3 is 2.48 bits per heavy atom. The van der Waals surface area contributed by atoms with E-state index in [1.807, 2.05) is 36.9 Å². The van der Waals surface area contributed by atoms with Gasteiger partial charge in [-0.3, -0.25) is 14.9 Å². The lowest BCUT2D eigenvalue weighted by Crippen LogP contribution is -2.39. The van der Waals surface area contributed by atoms with Crippen molar-refractivity contribution in [1.82, 2.24) is 15.0 Å². The molecule has 0 fully saturated rings. The second-order valence-electron chi connectivity index (χ2n) is 6.69. The van der Waals surface area contributed by atoms with Crippen molar-refractivity contribution in [3.8, 4) is 11.4 Å². The van der Waals surface area contributed by atoms with Gasteiger partial charge in [0.15, 0.2) is 0 Å². The van der Waals surface area contributed by atoms with E-state index in [1.54, 1.807) is 24.3 Å². The van der Waals surface area contributed by atoms with E-state index in [4.69, 9.17) is 4.52 Å². The number of nitro benzene ring substituents is 1. The fraction of sp³-hybridized carbons (Fsp3) is 0.286. The molecule has 0 saturated carbocycles. The Kier molecular flexibility index (Phi) is 6.33. The van der Waals surface area contributed by atoms with Crippen LogP contribution in [-0.4, -0.2) is 38.5 Å². The summed E-state index contributed by atoms with van der Waals surface area (Å²) in [6, 6.07) is 15.2. The summed E-state index contributed by atoms with van der Waals surface area (Å²) in [4.78, 5) is 29.4. The number of rotatable bonds is 8. The van der Waals surface area contributed by atoms with Gasteiger partial charge >= 0.3 is 0 Å². The van der Waals surface area contributed by atoms with Crippen LogP contribution in [0, 0.1) is 10.1 Å². The number of hydrogen-bond acceptors (Lipinski definition) is 6. The van der Waals surface area contributed by atoms with Crippen LogP contribution in [0.1, 0.15) is 36.5 Å². The zero-order valence-corrected chi connectivity index (χ0v) is 16.3. The van der Waals surface area contributed by atoms with Gasteiger partial charge in [0.2, 0.25) is 11.7 Å². The third-order valence-corrected chi connectivity index (χ3v) is 4.78. The van der Waals surface area contributed by atoms with Gasteiger partial charge in [-0.1, -0.05) is 30.3 Å². The van der Waals surface area contributed by atoms with Gasteiger partial charge in [-0.25, -0.2) is 0 Å². The summed E-state index contributed by atoms with van der Waals surface area (Å²) in [5.41, 5.74) is 1.27. The van der Waals surface area contributed by atoms with E-state index in [0.29, 0.717) is 35.8 Å². The molecule has 0 aliphatic rings. The molecule has 0 N–H and O–H groups in total. The molecular formula is C21H22N4O4. The Hall–Kier alpha value is -3.55. The third kappa shape index (κ3) is 4.84. The van der Waals surface area contributed by atoms with Gasteiger partial charge in [0.05, 0.1) is 4.92 Å². The number of nitrogens with zero attached hydrogens (tertiary/aromatic N) is 4. The Labute approximate surface area is 168 Å². The Morgan fingerprint density at radius 2 is 1.86 bits per heavy atom. The summed E-state index contributed by atoms with van der Waals surface area (Å²) in [5.74, 6) is 0.738. The van der Waals surface area contributed by atoms with E-state index >= 15 is 0 Å². The first-order valence-electron chi connectivity index (χ1n) is 9.43. The van der Waals surface area contributed by atoms with Gasteiger partial charge in [0.1, 0.15) is 0 Å². The molecule has 1 aromatic heterocycles. The van der Waals surface area contributed by atoms with Crippen LogP contribution < -0.4 is 0 Å². The minimum absolute atomic E-state index is 0.00101. The van der Waals surface area contributed by atoms with Gasteiger partial charge in [0, 0.05) is 42.3 Å². The summed E-state index contributed by atoms with van der Waals surface area (Å²) in [6.45, 7) is 4.50. The van der Waals surface area contributed by atoms with Crippen LogP contribution in [0.3, 0.4) is 0 Å². The van der Waals surface area contributed by atoms with Crippen LogP contribution in [0.25, 0.3) is 11.4 Å². The first-order valence-corrected chi connectivity index (χ1v) is 9.43. The van der Waals surface area contributed by atoms with Crippen molar-refractivity contribution in [2.75, 3.05) is 6.54 Å². The number of carbonyl (C=O) groups excluding carboxylic acids is 1. The molecule has 0 saturated heterocycles. The number of carbonyl (C=O) groups is 1. The molecule has 0 aliphatic heterocycles. The maximum Gasteiger partial charge on any atom is 0.269 e. The van der Waals surface area contributed by atoms with Crippen LogP contribution in [0.2, 0.25) is 0 Å². The molecule has 0 unspecified atom stereocenters. The smallest absolute Gasteiger partial charge is 0.269 e. The molecule has 3 rings (SSSR count). The van der Waals surface area contributed by atoms with E-state index in [2.05, 4.69) is 10.1 Å². The van der Waals surface area contributed by atoms with Crippen molar-refractivity contribution in [3.05, 3.63) is 76.2 Å². The molecule has 0 spiro atoms. The fourth-order valence-corrected chi connectivity index (χ4v) is 2.91. The molecule has 1 heterocycles. The van der Waals surface area contributed by atoms with Gasteiger partial charge in [-0.05, 0) is 37.6 Å². The number of amides is 1. The highest BCUT2D eigenvalue weighted by Crippen LogP contribution is 2.20. The van der Waals surface area contributed by atoms with Crippen LogP contribution in [0.4, 0.5) is 5.69 Å². The van der Waals surface area contributed by atoms with Gasteiger partial charge in [0.25, 0.3) is 11.6 Å². The first kappa shape index (κ1) is 20.2. The Bertz CT molecular complexity index is 970. The zero-order chi connectivity index (χ0) is 20.8. The van der Waals surface area contributed by atoms with E-state index in [1.165, 1.54) is 12.1 Å². The van der Waals surface area contributed by atoms with E-state index < -0.39 is 4.92 Å². The SMILES string of the molecule is CC[C@@H](C)N(CCc1nc(-c2ccc([N+](=O)[O-])cc2)no1)C(=O)c1ccccc1. The Balaban J connectivity index is 1.70. The number of hydrogen-bond donors (Lipinski definition) is 0. The summed E-state index contributed by atoms with van der Waals surface area (Å²) < 4.78 is 5.31. The van der Waals surface area contributed by atoms with Crippen molar-refractivity contribution < 1.29 is 14.2 Å². The maximum absolute atomic E-state index is 12.9. The van der Waals surface area contributed by atoms with Crippen molar-refractivity contribution >= 4 is 11.6 Å². The first-order chi connectivity index (χ1) is 14.0. The molecule has 8 heteroatoms. The molecular weight excluding hydrogens is 372 g/mol. The van der Waals surface area contributed by atoms with Crippen LogP contribution in [-0.2, 0) is 6.42 Å². The summed E-state index contributed by atoms with van der Waals surface area (Å²) in [6.07, 6.45) is 1.25. The standard InChI is InChI=1S/C21H22N4O4/c1-3-15(2)24(21(26)17-7-5-4-6-8-17)14-13-19-22-20(23-29-19)16-9-11-18(12-10-16)25(27)28/h4-12,15H,3,13-14H2,1-2H3/t15-/m1/s1. The number of nitro groups is 1. The average Bonchev–Trinajstić information content (AvgIpc) is 3.23. The number of benzene rings is 2. The van der Waals surface area contributed by atoms with Crippen molar-refractivity contribution in [2.24, 2.45) is 0 Å². The normalized spacial score (nSPS) is 11.8. The molecule has 0 bridgehead atoms. The summed E-state index contributed by atoms with van der Waals surface area (Å²) >= 11 is 0. The molecule has 3 aromatic rings. The molecule has 0 aliphatic carbocycles. The van der Waals surface area contributed by atoms with Crippen molar-refractivity contribution in [2.45, 2.75) is 32.7 Å². The van der Waals surface area contributed by atoms with Crippen LogP contribution >= 0.6 is 0 Å². The lowest BCUT2D eigenvalue weighted by Gasteiger charge is -2.28. The predicted octanol–water partition coefficient (Wildman–Crippen LogP) is 4.13. The fourth-order valence-electron chi connectivity index (χ4n) is 2.91. The quantitative estimate of drug-likeness (QED) is 0.420. The summed E-state index contributed by atoms with van der Waals surface area (Å²) in [5, 5.41) is 14.7. The van der Waals surface area contributed by atoms with E-state index in [0.717, 1.165) is 6.42 Å². The average molecular weight is 394 g/mol. The Morgan fingerprint density at radius 1 is 1.17 bits per heavy atom. The highest BCUT2D eigenvalue weighted by atomic mass is 16.6.